The molecule has 0 fully saturated rings. The molecule has 1 N–H and O–H groups in total. The third-order valence-electron chi connectivity index (χ3n) is 1.10. The minimum Gasteiger partial charge on any atom is -0.248 e. The third kappa shape index (κ3) is 3.15. The summed E-state index contributed by atoms with van der Waals surface area (Å²) in [6, 6.07) is 0. The summed E-state index contributed by atoms with van der Waals surface area (Å²) < 4.78 is 24.3. The second-order valence-electron chi connectivity index (χ2n) is 2.21. The molecule has 1 rings (SSSR count). The van der Waals surface area contributed by atoms with Gasteiger partial charge in [-0.25, -0.2) is 13.1 Å². The molecular formula is C4H8ClN5O2S. The first kappa shape index (κ1) is 10.2. The molecule has 9 heteroatoms. The molecule has 0 spiro atoms. The van der Waals surface area contributed by atoms with Gasteiger partial charge in [0.05, 0.1) is 12.8 Å². The van der Waals surface area contributed by atoms with Gasteiger partial charge in [0, 0.05) is 5.88 Å². The van der Waals surface area contributed by atoms with Crippen molar-refractivity contribution in [1.82, 2.24) is 20.2 Å². The Morgan fingerprint density at radius 2 is 2.31 bits per heavy atom. The number of anilines is 1. The number of hydrogen-bond donors (Lipinski definition) is 1. The van der Waals surface area contributed by atoms with Gasteiger partial charge < -0.3 is 0 Å². The molecular weight excluding hydrogens is 218 g/mol. The van der Waals surface area contributed by atoms with E-state index in [1.807, 2.05) is 0 Å². The van der Waals surface area contributed by atoms with E-state index < -0.39 is 10.0 Å². The number of nitrogens with zero attached hydrogens (tertiary/aromatic N) is 4. The first-order chi connectivity index (χ1) is 6.03. The van der Waals surface area contributed by atoms with Gasteiger partial charge in [-0.15, -0.1) is 16.7 Å². The number of tetrazole rings is 1. The quantitative estimate of drug-likeness (QED) is 0.677. The maximum absolute atomic E-state index is 11.1. The van der Waals surface area contributed by atoms with Crippen LogP contribution in [0.5, 0.6) is 0 Å². The highest BCUT2D eigenvalue weighted by Crippen LogP contribution is 1.98. The number of aromatic nitrogens is 4. The van der Waals surface area contributed by atoms with Crippen LogP contribution >= 0.6 is 11.6 Å². The summed E-state index contributed by atoms with van der Waals surface area (Å²) in [5.41, 5.74) is 0. The van der Waals surface area contributed by atoms with Gasteiger partial charge >= 0.3 is 0 Å². The van der Waals surface area contributed by atoms with Crippen molar-refractivity contribution >= 4 is 27.6 Å². The zero-order valence-electron chi connectivity index (χ0n) is 6.81. The molecule has 74 valence electrons. The molecule has 0 saturated heterocycles. The van der Waals surface area contributed by atoms with Crippen molar-refractivity contribution in [2.45, 2.75) is 0 Å². The van der Waals surface area contributed by atoms with E-state index in [1.165, 1.54) is 7.05 Å². The molecule has 0 aromatic carbocycles. The number of hydrogen-bond acceptors (Lipinski definition) is 5. The van der Waals surface area contributed by atoms with Crippen molar-refractivity contribution < 1.29 is 8.42 Å². The Labute approximate surface area is 80.1 Å². The first-order valence-electron chi connectivity index (χ1n) is 3.34. The molecule has 1 aromatic rings. The number of nitrogens with one attached hydrogen (secondary N) is 1. The largest absolute Gasteiger partial charge is 0.276 e. The van der Waals surface area contributed by atoms with Gasteiger partial charge in [0.1, 0.15) is 0 Å². The number of halogens is 1. The van der Waals surface area contributed by atoms with Crippen molar-refractivity contribution in [2.75, 3.05) is 16.4 Å². The summed E-state index contributed by atoms with van der Waals surface area (Å²) in [7, 11) is -1.90. The second kappa shape index (κ2) is 3.88. The molecule has 0 radical (unpaired) electrons. The molecule has 0 amide bonds. The zero-order valence-corrected chi connectivity index (χ0v) is 8.38. The van der Waals surface area contributed by atoms with Crippen molar-refractivity contribution in [3.05, 3.63) is 0 Å². The average molecular weight is 226 g/mol. The van der Waals surface area contributed by atoms with E-state index in [0.717, 1.165) is 4.80 Å². The number of sulfonamides is 1. The smallest absolute Gasteiger partial charge is 0.248 e. The molecule has 0 unspecified atom stereocenters. The topological polar surface area (TPSA) is 89.8 Å². The van der Waals surface area contributed by atoms with Gasteiger partial charge in [0.2, 0.25) is 10.0 Å². The minimum atomic E-state index is -3.43. The zero-order chi connectivity index (χ0) is 9.90. The molecule has 7 nitrogen and oxygen atoms in total. The van der Waals surface area contributed by atoms with Crippen LogP contribution in [-0.4, -0.2) is 40.3 Å². The fourth-order valence-corrected chi connectivity index (χ4v) is 1.89. The van der Waals surface area contributed by atoms with Gasteiger partial charge in [0.15, 0.2) is 0 Å². The van der Waals surface area contributed by atoms with Gasteiger partial charge in [-0.05, 0) is 5.21 Å². The van der Waals surface area contributed by atoms with E-state index in [2.05, 4.69) is 20.1 Å². The first-order valence-corrected chi connectivity index (χ1v) is 5.52. The molecule has 0 aliphatic heterocycles. The van der Waals surface area contributed by atoms with Crippen LogP contribution in [0.15, 0.2) is 0 Å². The maximum atomic E-state index is 11.1. The summed E-state index contributed by atoms with van der Waals surface area (Å²) in [6.45, 7) is 0. The molecule has 1 aromatic heterocycles. The van der Waals surface area contributed by atoms with Crippen LogP contribution in [0.3, 0.4) is 0 Å². The summed E-state index contributed by atoms with van der Waals surface area (Å²) >= 11 is 5.28. The monoisotopic (exact) mass is 225 g/mol. The van der Waals surface area contributed by atoms with E-state index in [0.29, 0.717) is 0 Å². The van der Waals surface area contributed by atoms with Gasteiger partial charge in [-0.2, -0.15) is 4.80 Å². The van der Waals surface area contributed by atoms with Crippen molar-refractivity contribution in [3.8, 4) is 0 Å². The fraction of sp³-hybridized carbons (Fsp3) is 0.750. The Kier molecular flexibility index (Phi) is 3.04. The Morgan fingerprint density at radius 3 is 2.77 bits per heavy atom. The van der Waals surface area contributed by atoms with Crippen LogP contribution in [0.25, 0.3) is 0 Å². The Balaban J connectivity index is 2.69. The fourth-order valence-electron chi connectivity index (χ4n) is 0.617. The van der Waals surface area contributed by atoms with Crippen molar-refractivity contribution in [1.29, 1.82) is 0 Å². The van der Waals surface area contributed by atoms with E-state index >= 15 is 0 Å². The number of rotatable bonds is 4. The Hall–Kier alpha value is -0.890. The lowest BCUT2D eigenvalue weighted by Crippen LogP contribution is -2.18. The lowest BCUT2D eigenvalue weighted by atomic mass is 11.0. The van der Waals surface area contributed by atoms with Crippen LogP contribution in [0.4, 0.5) is 5.95 Å². The van der Waals surface area contributed by atoms with Crippen molar-refractivity contribution in [2.24, 2.45) is 7.05 Å². The third-order valence-corrected chi connectivity index (χ3v) is 2.75. The lowest BCUT2D eigenvalue weighted by molar-refractivity contribution is 0.602. The number of alkyl halides is 1. The predicted octanol–water partition coefficient (Wildman–Crippen LogP) is -0.809. The van der Waals surface area contributed by atoms with Crippen LogP contribution < -0.4 is 4.72 Å². The normalized spacial score (nSPS) is 11.5. The predicted molar refractivity (Wildman–Crippen MR) is 46.9 cm³/mol. The van der Waals surface area contributed by atoms with Gasteiger partial charge in [-0.3, -0.25) is 0 Å². The Morgan fingerprint density at radius 1 is 1.62 bits per heavy atom. The highest BCUT2D eigenvalue weighted by molar-refractivity contribution is 7.92. The number of aryl methyl sites for hydroxylation is 1. The standard InChI is InChI=1S/C4H8ClN5O2S/c1-10-7-4(6-9-10)8-13(11,12)3-2-5/h2-3H2,1H3,(H,7,8). The summed E-state index contributed by atoms with van der Waals surface area (Å²) in [4.78, 5) is 1.15. The lowest BCUT2D eigenvalue weighted by Gasteiger charge is -1.99. The van der Waals surface area contributed by atoms with Crippen molar-refractivity contribution in [3.63, 3.8) is 0 Å². The molecule has 0 aliphatic rings. The van der Waals surface area contributed by atoms with Crippen LogP contribution in [0.1, 0.15) is 0 Å². The molecule has 13 heavy (non-hydrogen) atoms. The summed E-state index contributed by atoms with van der Waals surface area (Å²) in [5, 5.41) is 10.5. The summed E-state index contributed by atoms with van der Waals surface area (Å²) in [6.07, 6.45) is 0. The van der Waals surface area contributed by atoms with Crippen LogP contribution in [0, 0.1) is 0 Å². The maximum Gasteiger partial charge on any atom is 0.276 e. The molecule has 0 bridgehead atoms. The molecule has 0 saturated carbocycles. The van der Waals surface area contributed by atoms with E-state index in [4.69, 9.17) is 11.6 Å². The molecule has 0 aliphatic carbocycles. The van der Waals surface area contributed by atoms with Crippen LogP contribution in [-0.2, 0) is 17.1 Å². The van der Waals surface area contributed by atoms with E-state index in [-0.39, 0.29) is 17.6 Å². The van der Waals surface area contributed by atoms with Gasteiger partial charge in [-0.1, -0.05) is 5.10 Å². The second-order valence-corrected chi connectivity index (χ2v) is 4.43. The minimum absolute atomic E-state index is 0.0234. The Bertz CT molecular complexity index is 374. The molecule has 0 atom stereocenters. The molecule has 1 heterocycles. The van der Waals surface area contributed by atoms with E-state index in [1.54, 1.807) is 0 Å². The highest BCUT2D eigenvalue weighted by atomic mass is 35.5. The summed E-state index contributed by atoms with van der Waals surface area (Å²) in [5.74, 6) is -0.199. The van der Waals surface area contributed by atoms with E-state index in [9.17, 15) is 8.42 Å². The van der Waals surface area contributed by atoms with Crippen LogP contribution in [0.2, 0.25) is 0 Å². The van der Waals surface area contributed by atoms with Gasteiger partial charge in [0.25, 0.3) is 5.95 Å². The highest BCUT2D eigenvalue weighted by Gasteiger charge is 2.12. The SMILES string of the molecule is Cn1nnc(NS(=O)(=O)CCCl)n1. The average Bonchev–Trinajstić information content (AvgIpc) is 2.34.